The lowest BCUT2D eigenvalue weighted by Gasteiger charge is -2.37. The molecule has 1 atom stereocenters. The number of rotatable bonds is 6. The smallest absolute Gasteiger partial charge is 0.251 e. The van der Waals surface area contributed by atoms with Crippen molar-refractivity contribution in [2.75, 3.05) is 52.1 Å². The van der Waals surface area contributed by atoms with Crippen LogP contribution in [0.15, 0.2) is 40.2 Å². The first kappa shape index (κ1) is 23.3. The summed E-state index contributed by atoms with van der Waals surface area (Å²) in [5.41, 5.74) is 0. The number of guanidine groups is 1. The highest BCUT2D eigenvalue weighted by atomic mass is 127. The molecule has 2 heterocycles. The van der Waals surface area contributed by atoms with Crippen molar-refractivity contribution in [3.8, 4) is 0 Å². The molecule has 156 valence electrons. The number of benzene rings is 1. The molecule has 0 aromatic heterocycles. The number of piperazine rings is 1. The Kier molecular flexibility index (Phi) is 10.4. The zero-order chi connectivity index (χ0) is 18.9. The van der Waals surface area contributed by atoms with Crippen molar-refractivity contribution in [3.05, 3.63) is 30.3 Å². The highest BCUT2D eigenvalue weighted by molar-refractivity contribution is 14.0. The lowest BCUT2D eigenvalue weighted by Crippen LogP contribution is -2.55. The van der Waals surface area contributed by atoms with Gasteiger partial charge in [0.05, 0.1) is 0 Å². The number of hydrogen-bond donors (Lipinski definition) is 1. The molecule has 0 aliphatic carbocycles. The molecular formula is C20H31IN4O2S. The van der Waals surface area contributed by atoms with Crippen LogP contribution in [-0.2, 0) is 9.53 Å². The highest BCUT2D eigenvalue weighted by Gasteiger charge is 2.30. The van der Waals surface area contributed by atoms with Crippen LogP contribution in [0, 0.1) is 0 Å². The number of carbonyl (C=O) groups excluding carboxylic acids is 1. The lowest BCUT2D eigenvalue weighted by atomic mass is 10.2. The molecular weight excluding hydrogens is 487 g/mol. The van der Waals surface area contributed by atoms with Gasteiger partial charge >= 0.3 is 0 Å². The summed E-state index contributed by atoms with van der Waals surface area (Å²) in [4.78, 5) is 22.3. The van der Waals surface area contributed by atoms with Crippen LogP contribution in [0.4, 0.5) is 0 Å². The van der Waals surface area contributed by atoms with E-state index in [0.29, 0.717) is 0 Å². The largest absolute Gasteiger partial charge is 0.368 e. The van der Waals surface area contributed by atoms with Gasteiger partial charge in [0.15, 0.2) is 5.96 Å². The summed E-state index contributed by atoms with van der Waals surface area (Å²) >= 11 is 1.88. The Morgan fingerprint density at radius 2 is 1.93 bits per heavy atom. The Morgan fingerprint density at radius 1 is 1.21 bits per heavy atom. The summed E-state index contributed by atoms with van der Waals surface area (Å²) in [5.74, 6) is 2.18. The Hall–Kier alpha value is -1.00. The van der Waals surface area contributed by atoms with Gasteiger partial charge in [-0.1, -0.05) is 18.2 Å². The fourth-order valence-corrected chi connectivity index (χ4v) is 4.30. The van der Waals surface area contributed by atoms with E-state index in [-0.39, 0.29) is 36.0 Å². The number of amides is 1. The second-order valence-corrected chi connectivity index (χ2v) is 7.97. The average Bonchev–Trinajstić information content (AvgIpc) is 3.26. The molecule has 28 heavy (non-hydrogen) atoms. The molecule has 2 fully saturated rings. The lowest BCUT2D eigenvalue weighted by molar-refractivity contribution is -0.142. The third-order valence-electron chi connectivity index (χ3n) is 4.92. The maximum atomic E-state index is 12.4. The van der Waals surface area contributed by atoms with E-state index in [1.165, 1.54) is 4.90 Å². The van der Waals surface area contributed by atoms with Gasteiger partial charge in [-0.15, -0.1) is 35.7 Å². The van der Waals surface area contributed by atoms with Gasteiger partial charge < -0.3 is 19.9 Å². The zero-order valence-corrected chi connectivity index (χ0v) is 19.7. The molecule has 0 saturated carbocycles. The van der Waals surface area contributed by atoms with Crippen LogP contribution >= 0.6 is 35.7 Å². The summed E-state index contributed by atoms with van der Waals surface area (Å²) in [7, 11) is 1.82. The molecule has 2 saturated heterocycles. The topological polar surface area (TPSA) is 57.2 Å². The molecule has 2 aliphatic rings. The molecule has 0 radical (unpaired) electrons. The minimum atomic E-state index is -0.212. The number of hydrogen-bond acceptors (Lipinski definition) is 4. The number of nitrogens with one attached hydrogen (secondary N) is 1. The van der Waals surface area contributed by atoms with Crippen LogP contribution in [0.1, 0.15) is 19.3 Å². The molecule has 1 aromatic rings. The van der Waals surface area contributed by atoms with Crippen LogP contribution in [0.2, 0.25) is 0 Å². The second-order valence-electron chi connectivity index (χ2n) is 6.80. The standard InChI is InChI=1S/C20H30N4O2S.HI/c1-21-20(22-10-6-16-27-17-7-3-2-4-8-17)24-13-11-23(12-14-24)19(25)18-9-5-15-26-18;/h2-4,7-8,18H,5-6,9-16H2,1H3,(H,21,22);1H. The van der Waals surface area contributed by atoms with E-state index in [4.69, 9.17) is 4.74 Å². The third-order valence-corrected chi connectivity index (χ3v) is 6.02. The van der Waals surface area contributed by atoms with Crippen LogP contribution in [0.3, 0.4) is 0 Å². The van der Waals surface area contributed by atoms with Gasteiger partial charge in [-0.2, -0.15) is 0 Å². The van der Waals surface area contributed by atoms with Crippen molar-refractivity contribution in [3.63, 3.8) is 0 Å². The van der Waals surface area contributed by atoms with Crippen molar-refractivity contribution >= 4 is 47.6 Å². The monoisotopic (exact) mass is 518 g/mol. The van der Waals surface area contributed by atoms with Gasteiger partial charge in [-0.05, 0) is 37.1 Å². The molecule has 3 rings (SSSR count). The van der Waals surface area contributed by atoms with Gasteiger partial charge in [-0.3, -0.25) is 9.79 Å². The number of ether oxygens (including phenoxy) is 1. The predicted octanol–water partition coefficient (Wildman–Crippen LogP) is 2.69. The van der Waals surface area contributed by atoms with Gasteiger partial charge in [0.25, 0.3) is 5.91 Å². The quantitative estimate of drug-likeness (QED) is 0.206. The Bertz CT molecular complexity index is 618. The minimum absolute atomic E-state index is 0. The van der Waals surface area contributed by atoms with Crippen molar-refractivity contribution in [1.82, 2.24) is 15.1 Å². The third kappa shape index (κ3) is 6.81. The average molecular weight is 518 g/mol. The van der Waals surface area contributed by atoms with E-state index >= 15 is 0 Å². The Balaban J connectivity index is 0.00000280. The van der Waals surface area contributed by atoms with Crippen molar-refractivity contribution < 1.29 is 9.53 Å². The Morgan fingerprint density at radius 3 is 2.57 bits per heavy atom. The molecule has 1 unspecified atom stereocenters. The first-order chi connectivity index (χ1) is 13.3. The van der Waals surface area contributed by atoms with E-state index in [1.54, 1.807) is 0 Å². The van der Waals surface area contributed by atoms with Gasteiger partial charge in [-0.25, -0.2) is 0 Å². The number of nitrogens with zero attached hydrogens (tertiary/aromatic N) is 3. The second kappa shape index (κ2) is 12.5. The number of aliphatic imine (C=N–C) groups is 1. The molecule has 1 amide bonds. The molecule has 0 spiro atoms. The molecule has 6 nitrogen and oxygen atoms in total. The van der Waals surface area contributed by atoms with E-state index in [9.17, 15) is 4.79 Å². The molecule has 1 N–H and O–H groups in total. The van der Waals surface area contributed by atoms with Crippen LogP contribution in [-0.4, -0.2) is 79.9 Å². The summed E-state index contributed by atoms with van der Waals surface area (Å²) in [6, 6.07) is 10.5. The SMILES string of the molecule is CN=C(NCCCSc1ccccc1)N1CCN(C(=O)C2CCCO2)CC1.I. The van der Waals surface area contributed by atoms with Crippen LogP contribution in [0.5, 0.6) is 0 Å². The first-order valence-corrected chi connectivity index (χ1v) is 10.8. The summed E-state index contributed by atoms with van der Waals surface area (Å²) in [5, 5.41) is 3.46. The normalized spacial score (nSPS) is 20.0. The van der Waals surface area contributed by atoms with Crippen molar-refractivity contribution in [2.24, 2.45) is 4.99 Å². The summed E-state index contributed by atoms with van der Waals surface area (Å²) in [6.07, 6.45) is 2.73. The molecule has 8 heteroatoms. The highest BCUT2D eigenvalue weighted by Crippen LogP contribution is 2.18. The van der Waals surface area contributed by atoms with Crippen LogP contribution < -0.4 is 5.32 Å². The Labute approximate surface area is 189 Å². The van der Waals surface area contributed by atoms with Gasteiger partial charge in [0.1, 0.15) is 6.10 Å². The summed E-state index contributed by atoms with van der Waals surface area (Å²) < 4.78 is 5.53. The number of halogens is 1. The van der Waals surface area contributed by atoms with Crippen LogP contribution in [0.25, 0.3) is 0 Å². The van der Waals surface area contributed by atoms with Gasteiger partial charge in [0, 0.05) is 51.3 Å². The number of carbonyl (C=O) groups is 1. The van der Waals surface area contributed by atoms with E-state index in [1.807, 2.05) is 29.8 Å². The number of thioether (sulfide) groups is 1. The zero-order valence-electron chi connectivity index (χ0n) is 16.5. The van der Waals surface area contributed by atoms with Crippen molar-refractivity contribution in [1.29, 1.82) is 0 Å². The predicted molar refractivity (Wildman–Crippen MR) is 126 cm³/mol. The van der Waals surface area contributed by atoms with Crippen molar-refractivity contribution in [2.45, 2.75) is 30.3 Å². The maximum absolute atomic E-state index is 12.4. The molecule has 2 aliphatic heterocycles. The fourth-order valence-electron chi connectivity index (χ4n) is 3.43. The maximum Gasteiger partial charge on any atom is 0.251 e. The minimum Gasteiger partial charge on any atom is -0.368 e. The molecule has 1 aromatic carbocycles. The van der Waals surface area contributed by atoms with Gasteiger partial charge in [0.2, 0.25) is 0 Å². The summed E-state index contributed by atoms with van der Waals surface area (Å²) in [6.45, 7) is 4.73. The fraction of sp³-hybridized carbons (Fsp3) is 0.600. The van der Waals surface area contributed by atoms with E-state index in [0.717, 1.165) is 70.3 Å². The first-order valence-electron chi connectivity index (χ1n) is 9.82. The van der Waals surface area contributed by atoms with E-state index < -0.39 is 0 Å². The van der Waals surface area contributed by atoms with E-state index in [2.05, 4.69) is 39.5 Å². The molecule has 0 bridgehead atoms.